The van der Waals surface area contributed by atoms with Gasteiger partial charge in [-0.05, 0) is 36.8 Å². The molecule has 1 aromatic heterocycles. The van der Waals surface area contributed by atoms with Crippen LogP contribution in [0.15, 0.2) is 18.2 Å². The highest BCUT2D eigenvalue weighted by Gasteiger charge is 2.08. The van der Waals surface area contributed by atoms with Gasteiger partial charge in [0.25, 0.3) is 0 Å². The molecule has 0 aliphatic heterocycles. The minimum absolute atomic E-state index is 0.415. The van der Waals surface area contributed by atoms with Gasteiger partial charge >= 0.3 is 0 Å². The molecule has 0 aliphatic carbocycles. The van der Waals surface area contributed by atoms with E-state index in [1.54, 1.807) is 0 Å². The minimum Gasteiger partial charge on any atom is -0.304 e. The summed E-state index contributed by atoms with van der Waals surface area (Å²) in [6, 6.07) is 3.82. The van der Waals surface area contributed by atoms with Crippen LogP contribution in [0.2, 0.25) is 0 Å². The molecule has 0 saturated carbocycles. The van der Waals surface area contributed by atoms with E-state index >= 15 is 0 Å². The number of rotatable bonds is 3. The fourth-order valence-corrected chi connectivity index (χ4v) is 1.92. The van der Waals surface area contributed by atoms with Crippen molar-refractivity contribution in [3.05, 3.63) is 46.0 Å². The Bertz CT molecular complexity index is 589. The highest BCUT2D eigenvalue weighted by molar-refractivity contribution is 7.71. The zero-order chi connectivity index (χ0) is 12.4. The summed E-state index contributed by atoms with van der Waals surface area (Å²) in [5.41, 5.74) is 0.660. The Morgan fingerprint density at radius 3 is 2.76 bits per heavy atom. The van der Waals surface area contributed by atoms with E-state index in [0.29, 0.717) is 29.1 Å². The van der Waals surface area contributed by atoms with E-state index in [9.17, 15) is 8.78 Å². The van der Waals surface area contributed by atoms with Gasteiger partial charge in [0.1, 0.15) is 5.82 Å². The maximum atomic E-state index is 13.0. The zero-order valence-electron chi connectivity index (χ0n) is 9.20. The van der Waals surface area contributed by atoms with Crippen LogP contribution in [0.4, 0.5) is 8.78 Å². The fourth-order valence-electron chi connectivity index (χ4n) is 1.64. The van der Waals surface area contributed by atoms with Crippen molar-refractivity contribution < 1.29 is 8.78 Å². The van der Waals surface area contributed by atoms with Crippen molar-refractivity contribution >= 4 is 12.2 Å². The Hall–Kier alpha value is -1.56. The lowest BCUT2D eigenvalue weighted by molar-refractivity contribution is 0.507. The summed E-state index contributed by atoms with van der Waals surface area (Å²) in [4.78, 5) is 0. The lowest BCUT2D eigenvalue weighted by Crippen LogP contribution is -2.03. The monoisotopic (exact) mass is 255 g/mol. The van der Waals surface area contributed by atoms with Crippen LogP contribution < -0.4 is 0 Å². The molecule has 90 valence electrons. The molecule has 17 heavy (non-hydrogen) atoms. The van der Waals surface area contributed by atoms with Gasteiger partial charge in [0.05, 0.1) is 0 Å². The average molecular weight is 255 g/mol. The van der Waals surface area contributed by atoms with Crippen LogP contribution in [0.25, 0.3) is 0 Å². The highest BCUT2D eigenvalue weighted by Crippen LogP contribution is 2.12. The van der Waals surface area contributed by atoms with Crippen LogP contribution in [-0.4, -0.2) is 14.8 Å². The first-order valence-electron chi connectivity index (χ1n) is 5.19. The molecule has 0 unspecified atom stereocenters. The predicted molar refractivity (Wildman–Crippen MR) is 62.2 cm³/mol. The van der Waals surface area contributed by atoms with Gasteiger partial charge in [-0.2, -0.15) is 5.10 Å². The number of hydrogen-bond donors (Lipinski definition) is 1. The van der Waals surface area contributed by atoms with Gasteiger partial charge in [-0.25, -0.2) is 8.78 Å². The van der Waals surface area contributed by atoms with Gasteiger partial charge in [-0.3, -0.25) is 5.10 Å². The molecule has 6 heteroatoms. The third-order valence-electron chi connectivity index (χ3n) is 2.50. The maximum Gasteiger partial charge on any atom is 0.195 e. The number of H-pyrrole nitrogens is 1. The van der Waals surface area contributed by atoms with Crippen molar-refractivity contribution in [2.24, 2.45) is 0 Å². The second-order valence-electron chi connectivity index (χ2n) is 3.61. The lowest BCUT2D eigenvalue weighted by Gasteiger charge is -2.04. The molecular formula is C11H11F2N3S. The predicted octanol–water partition coefficient (Wildman–Crippen LogP) is 2.83. The summed E-state index contributed by atoms with van der Waals surface area (Å²) in [7, 11) is 0. The standard InChI is InChI=1S/C11H11F2N3S/c1-2-16-10(14-15-11(16)17)6-7-3-4-8(12)9(13)5-7/h3-5H,2,6H2,1H3,(H,15,17). The van der Waals surface area contributed by atoms with Gasteiger partial charge in [0.15, 0.2) is 16.4 Å². The molecule has 0 aliphatic rings. The van der Waals surface area contributed by atoms with Crippen molar-refractivity contribution in [2.45, 2.75) is 19.9 Å². The third-order valence-corrected chi connectivity index (χ3v) is 2.81. The van der Waals surface area contributed by atoms with Gasteiger partial charge in [-0.1, -0.05) is 6.07 Å². The van der Waals surface area contributed by atoms with E-state index in [1.165, 1.54) is 12.1 Å². The molecule has 0 radical (unpaired) electrons. The second-order valence-corrected chi connectivity index (χ2v) is 4.00. The summed E-state index contributed by atoms with van der Waals surface area (Å²) in [5.74, 6) is -0.980. The summed E-state index contributed by atoms with van der Waals surface area (Å²) >= 11 is 5.05. The van der Waals surface area contributed by atoms with E-state index in [2.05, 4.69) is 10.2 Å². The van der Waals surface area contributed by atoms with Crippen molar-refractivity contribution in [3.63, 3.8) is 0 Å². The topological polar surface area (TPSA) is 33.6 Å². The normalized spacial score (nSPS) is 10.8. The van der Waals surface area contributed by atoms with E-state index in [-0.39, 0.29) is 0 Å². The summed E-state index contributed by atoms with van der Waals surface area (Å²) in [6.45, 7) is 2.63. The molecule has 0 atom stereocenters. The molecule has 3 nitrogen and oxygen atoms in total. The molecule has 0 saturated heterocycles. The SMILES string of the molecule is CCn1c(Cc2ccc(F)c(F)c2)n[nH]c1=S. The van der Waals surface area contributed by atoms with Gasteiger partial charge in [0, 0.05) is 13.0 Å². The Labute approximate surface area is 102 Å². The first-order valence-corrected chi connectivity index (χ1v) is 5.60. The molecule has 0 amide bonds. The number of aromatic amines is 1. The Kier molecular flexibility index (Phi) is 3.33. The molecule has 1 aromatic carbocycles. The number of aromatic nitrogens is 3. The van der Waals surface area contributed by atoms with Crippen molar-refractivity contribution in [2.75, 3.05) is 0 Å². The maximum absolute atomic E-state index is 13.0. The first kappa shape index (κ1) is 11.9. The van der Waals surface area contributed by atoms with E-state index in [0.717, 1.165) is 6.07 Å². The molecule has 0 spiro atoms. The molecule has 1 N–H and O–H groups in total. The quantitative estimate of drug-likeness (QED) is 0.856. The van der Waals surface area contributed by atoms with Crippen molar-refractivity contribution in [1.82, 2.24) is 14.8 Å². The number of benzene rings is 1. The van der Waals surface area contributed by atoms with Gasteiger partial charge in [-0.15, -0.1) is 0 Å². The zero-order valence-corrected chi connectivity index (χ0v) is 10.0. The van der Waals surface area contributed by atoms with E-state index in [1.807, 2.05) is 11.5 Å². The molecule has 1 heterocycles. The van der Waals surface area contributed by atoms with Crippen LogP contribution >= 0.6 is 12.2 Å². The molecule has 2 aromatic rings. The van der Waals surface area contributed by atoms with Crippen LogP contribution in [-0.2, 0) is 13.0 Å². The molecule has 0 bridgehead atoms. The second kappa shape index (κ2) is 4.75. The lowest BCUT2D eigenvalue weighted by atomic mass is 10.1. The van der Waals surface area contributed by atoms with E-state index in [4.69, 9.17) is 12.2 Å². The molecular weight excluding hydrogens is 244 g/mol. The molecule has 2 rings (SSSR count). The van der Waals surface area contributed by atoms with Crippen LogP contribution in [0.1, 0.15) is 18.3 Å². The fraction of sp³-hybridized carbons (Fsp3) is 0.273. The first-order chi connectivity index (χ1) is 8.11. The number of hydrogen-bond acceptors (Lipinski definition) is 2. The highest BCUT2D eigenvalue weighted by atomic mass is 32.1. The van der Waals surface area contributed by atoms with Crippen LogP contribution in [0.5, 0.6) is 0 Å². The summed E-state index contributed by atoms with van der Waals surface area (Å²) < 4.78 is 28.2. The van der Waals surface area contributed by atoms with Crippen LogP contribution in [0, 0.1) is 16.4 Å². The van der Waals surface area contributed by atoms with Crippen molar-refractivity contribution in [1.29, 1.82) is 0 Å². The smallest absolute Gasteiger partial charge is 0.195 e. The Morgan fingerprint density at radius 1 is 1.35 bits per heavy atom. The largest absolute Gasteiger partial charge is 0.304 e. The van der Waals surface area contributed by atoms with Crippen LogP contribution in [0.3, 0.4) is 0 Å². The van der Waals surface area contributed by atoms with E-state index < -0.39 is 11.6 Å². The minimum atomic E-state index is -0.848. The summed E-state index contributed by atoms with van der Waals surface area (Å²) in [6.07, 6.45) is 0.415. The number of nitrogens with one attached hydrogen (secondary N) is 1. The van der Waals surface area contributed by atoms with Crippen molar-refractivity contribution in [3.8, 4) is 0 Å². The Morgan fingerprint density at radius 2 is 2.12 bits per heavy atom. The number of halogens is 2. The molecule has 0 fully saturated rings. The Balaban J connectivity index is 2.31. The van der Waals surface area contributed by atoms with Gasteiger partial charge < -0.3 is 4.57 Å². The number of nitrogens with zero attached hydrogens (tertiary/aromatic N) is 2. The third kappa shape index (κ3) is 2.41. The summed E-state index contributed by atoms with van der Waals surface area (Å²) in [5, 5.41) is 6.75. The average Bonchev–Trinajstić information content (AvgIpc) is 2.64. The van der Waals surface area contributed by atoms with Gasteiger partial charge in [0.2, 0.25) is 0 Å².